The summed E-state index contributed by atoms with van der Waals surface area (Å²) in [5.41, 5.74) is 13.6. The van der Waals surface area contributed by atoms with Crippen LogP contribution in [0.3, 0.4) is 0 Å². The molecule has 0 aliphatic rings. The van der Waals surface area contributed by atoms with Crippen LogP contribution in [0.1, 0.15) is 0 Å². The summed E-state index contributed by atoms with van der Waals surface area (Å²) in [6.45, 7) is 0. The molecular formula is C51H36N4O. The molecule has 0 amide bonds. The van der Waals surface area contributed by atoms with Crippen molar-refractivity contribution < 1.29 is 0 Å². The first-order chi connectivity index (χ1) is 27.5. The Morgan fingerprint density at radius 3 is 1.36 bits per heavy atom. The number of aryl methyl sites for hydroxylation is 2. The zero-order valence-electron chi connectivity index (χ0n) is 31.0. The van der Waals surface area contributed by atoms with E-state index in [0.717, 1.165) is 77.7 Å². The van der Waals surface area contributed by atoms with E-state index in [1.807, 2.05) is 44.4 Å². The summed E-state index contributed by atoms with van der Waals surface area (Å²) in [5, 5.41) is 4.64. The van der Waals surface area contributed by atoms with E-state index < -0.39 is 0 Å². The number of nitrogens with zero attached hydrogens (tertiary/aromatic N) is 4. The average Bonchev–Trinajstić information content (AvgIpc) is 3.48. The van der Waals surface area contributed by atoms with E-state index in [2.05, 4.69) is 152 Å². The molecule has 8 aromatic carbocycles. The third-order valence-corrected chi connectivity index (χ3v) is 11.0. The Kier molecular flexibility index (Phi) is 8.00. The lowest BCUT2D eigenvalue weighted by Crippen LogP contribution is -2.19. The highest BCUT2D eigenvalue weighted by Crippen LogP contribution is 2.44. The molecule has 0 aliphatic heterocycles. The SMILES string of the molecule is Cn1c(=O)n(C)c2cc(-c3ccc(-c4ccc(-c5c6ccccc6c(-c6cc(-c7ccccc7)nc(-c7ccccc7)n6)c6ccccc56)cc4)cc3)ccc21. The van der Waals surface area contributed by atoms with Gasteiger partial charge in [-0.2, -0.15) is 0 Å². The van der Waals surface area contributed by atoms with Crippen molar-refractivity contribution in [2.24, 2.45) is 14.1 Å². The topological polar surface area (TPSA) is 52.7 Å². The Bertz CT molecular complexity index is 3030. The van der Waals surface area contributed by atoms with Gasteiger partial charge in [-0.15, -0.1) is 0 Å². The fraction of sp³-hybridized carbons (Fsp3) is 0.0392. The number of aromatic nitrogens is 4. The van der Waals surface area contributed by atoms with Crippen molar-refractivity contribution in [2.75, 3.05) is 0 Å². The lowest BCUT2D eigenvalue weighted by molar-refractivity contribution is 0.795. The molecule has 2 heterocycles. The van der Waals surface area contributed by atoms with Gasteiger partial charge < -0.3 is 0 Å². The summed E-state index contributed by atoms with van der Waals surface area (Å²) < 4.78 is 3.39. The summed E-state index contributed by atoms with van der Waals surface area (Å²) in [5.74, 6) is 0.701. The second kappa shape index (κ2) is 13.5. The molecule has 0 atom stereocenters. The van der Waals surface area contributed by atoms with Gasteiger partial charge >= 0.3 is 5.69 Å². The molecule has 0 fully saturated rings. The largest absolute Gasteiger partial charge is 0.328 e. The number of hydrogen-bond acceptors (Lipinski definition) is 3. The second-order valence-electron chi connectivity index (χ2n) is 14.3. The van der Waals surface area contributed by atoms with Gasteiger partial charge in [-0.1, -0.05) is 164 Å². The van der Waals surface area contributed by atoms with Gasteiger partial charge in [0, 0.05) is 30.8 Å². The van der Waals surface area contributed by atoms with Crippen LogP contribution in [0.5, 0.6) is 0 Å². The number of rotatable bonds is 6. The van der Waals surface area contributed by atoms with Crippen molar-refractivity contribution in [3.05, 3.63) is 192 Å². The van der Waals surface area contributed by atoms with Gasteiger partial charge in [-0.3, -0.25) is 9.13 Å². The first-order valence-electron chi connectivity index (χ1n) is 18.8. The van der Waals surface area contributed by atoms with Gasteiger partial charge in [0.25, 0.3) is 0 Å². The Labute approximate surface area is 324 Å². The first kappa shape index (κ1) is 33.2. The van der Waals surface area contributed by atoms with Crippen LogP contribution in [-0.4, -0.2) is 19.1 Å². The van der Waals surface area contributed by atoms with E-state index in [1.165, 1.54) is 16.3 Å². The van der Waals surface area contributed by atoms with Gasteiger partial charge in [-0.05, 0) is 73.1 Å². The van der Waals surface area contributed by atoms with Crippen LogP contribution < -0.4 is 5.69 Å². The lowest BCUT2D eigenvalue weighted by Gasteiger charge is -2.18. The predicted octanol–water partition coefficient (Wildman–Crippen LogP) is 12.0. The Balaban J connectivity index is 1.07. The van der Waals surface area contributed by atoms with Crippen molar-refractivity contribution in [3.63, 3.8) is 0 Å². The molecule has 266 valence electrons. The molecule has 5 heteroatoms. The molecule has 0 aliphatic carbocycles. The van der Waals surface area contributed by atoms with Crippen molar-refractivity contribution >= 4 is 32.6 Å². The molecule has 0 radical (unpaired) electrons. The molecule has 0 unspecified atom stereocenters. The highest BCUT2D eigenvalue weighted by atomic mass is 16.1. The van der Waals surface area contributed by atoms with Gasteiger partial charge in [0.05, 0.1) is 22.4 Å². The third kappa shape index (κ3) is 5.60. The Morgan fingerprint density at radius 1 is 0.357 bits per heavy atom. The zero-order chi connectivity index (χ0) is 37.8. The minimum absolute atomic E-state index is 0.0199. The molecule has 56 heavy (non-hydrogen) atoms. The van der Waals surface area contributed by atoms with Crippen molar-refractivity contribution in [1.29, 1.82) is 0 Å². The highest BCUT2D eigenvalue weighted by molar-refractivity contribution is 6.21. The summed E-state index contributed by atoms with van der Waals surface area (Å²) in [6.07, 6.45) is 0. The van der Waals surface area contributed by atoms with Crippen molar-refractivity contribution in [1.82, 2.24) is 19.1 Å². The number of imidazole rings is 1. The van der Waals surface area contributed by atoms with E-state index in [1.54, 1.807) is 9.13 Å². The maximum absolute atomic E-state index is 12.5. The Morgan fingerprint density at radius 2 is 0.786 bits per heavy atom. The summed E-state index contributed by atoms with van der Waals surface area (Å²) in [7, 11) is 3.63. The molecule has 0 N–H and O–H groups in total. The number of hydrogen-bond donors (Lipinski definition) is 0. The zero-order valence-corrected chi connectivity index (χ0v) is 31.0. The highest BCUT2D eigenvalue weighted by Gasteiger charge is 2.19. The maximum Gasteiger partial charge on any atom is 0.328 e. The van der Waals surface area contributed by atoms with Gasteiger partial charge in [0.15, 0.2) is 5.82 Å². The van der Waals surface area contributed by atoms with Gasteiger partial charge in [-0.25, -0.2) is 14.8 Å². The average molecular weight is 721 g/mol. The van der Waals surface area contributed by atoms with E-state index in [4.69, 9.17) is 9.97 Å². The number of fused-ring (bicyclic) bond motifs is 3. The van der Waals surface area contributed by atoms with Crippen LogP contribution in [0.25, 0.3) is 99.9 Å². The van der Waals surface area contributed by atoms with E-state index >= 15 is 0 Å². The third-order valence-electron chi connectivity index (χ3n) is 11.0. The van der Waals surface area contributed by atoms with Crippen LogP contribution in [0, 0.1) is 0 Å². The van der Waals surface area contributed by atoms with Crippen molar-refractivity contribution in [2.45, 2.75) is 0 Å². The summed E-state index contributed by atoms with van der Waals surface area (Å²) >= 11 is 0. The van der Waals surface area contributed by atoms with Gasteiger partial charge in [0.2, 0.25) is 0 Å². The van der Waals surface area contributed by atoms with Gasteiger partial charge in [0.1, 0.15) is 0 Å². The second-order valence-corrected chi connectivity index (χ2v) is 14.3. The molecule has 10 aromatic rings. The molecule has 2 aromatic heterocycles. The van der Waals surface area contributed by atoms with Crippen LogP contribution in [0.4, 0.5) is 0 Å². The fourth-order valence-electron chi connectivity index (χ4n) is 8.13. The number of benzene rings is 8. The van der Waals surface area contributed by atoms with Crippen molar-refractivity contribution in [3.8, 4) is 67.3 Å². The molecule has 0 saturated carbocycles. The fourth-order valence-corrected chi connectivity index (χ4v) is 8.13. The van der Waals surface area contributed by atoms with E-state index in [-0.39, 0.29) is 5.69 Å². The molecular weight excluding hydrogens is 685 g/mol. The minimum atomic E-state index is -0.0199. The molecule has 10 rings (SSSR count). The maximum atomic E-state index is 12.5. The van der Waals surface area contributed by atoms with Crippen LogP contribution in [0.2, 0.25) is 0 Å². The monoisotopic (exact) mass is 720 g/mol. The first-order valence-corrected chi connectivity index (χ1v) is 18.8. The van der Waals surface area contributed by atoms with E-state index in [9.17, 15) is 4.79 Å². The quantitative estimate of drug-likeness (QED) is 0.161. The standard InChI is InChI=1S/C51H36N4O/c1-54-46-30-29-39(31-47(46)55(2)51(54)56)35-23-21-33(22-24-35)34-25-27-37(28-26-34)48-40-17-9-11-19-42(40)49(43-20-12-10-18-41(43)48)45-32-44(36-13-5-3-6-14-36)52-50(53-45)38-15-7-4-8-16-38/h3-32H,1-2H3. The Hall–Kier alpha value is -7.37. The normalized spacial score (nSPS) is 11.5. The smallest absolute Gasteiger partial charge is 0.295 e. The summed E-state index contributed by atoms with van der Waals surface area (Å²) in [6, 6.07) is 63.9. The molecule has 0 spiro atoms. The summed E-state index contributed by atoms with van der Waals surface area (Å²) in [4.78, 5) is 22.8. The van der Waals surface area contributed by atoms with E-state index in [0.29, 0.717) is 5.82 Å². The van der Waals surface area contributed by atoms with Crippen LogP contribution in [0.15, 0.2) is 187 Å². The lowest BCUT2D eigenvalue weighted by atomic mass is 9.86. The van der Waals surface area contributed by atoms with Crippen LogP contribution in [-0.2, 0) is 14.1 Å². The molecule has 5 nitrogen and oxygen atoms in total. The predicted molar refractivity (Wildman–Crippen MR) is 231 cm³/mol. The van der Waals surface area contributed by atoms with Crippen LogP contribution >= 0.6 is 0 Å². The molecule has 0 saturated heterocycles. The minimum Gasteiger partial charge on any atom is -0.295 e. The molecule has 0 bridgehead atoms.